The number of rotatable bonds is 6. The Kier molecular flexibility index (Phi) is 5.18. The molecule has 0 bridgehead atoms. The Morgan fingerprint density at radius 2 is 2.15 bits per heavy atom. The molecule has 1 aromatic rings. The molecule has 0 radical (unpaired) electrons. The predicted octanol–water partition coefficient (Wildman–Crippen LogP) is 1.76. The number of fused-ring (bicyclic) bond motifs is 1. The van der Waals surface area contributed by atoms with Crippen LogP contribution in [-0.4, -0.2) is 26.5 Å². The Labute approximate surface area is 121 Å². The average molecular weight is 296 g/mol. The highest BCUT2D eigenvalue weighted by molar-refractivity contribution is 7.90. The molecule has 0 saturated heterocycles. The van der Waals surface area contributed by atoms with Gasteiger partial charge in [0.15, 0.2) is 0 Å². The molecule has 20 heavy (non-hydrogen) atoms. The second kappa shape index (κ2) is 6.70. The van der Waals surface area contributed by atoms with Gasteiger partial charge in [0, 0.05) is 24.0 Å². The molecule has 0 amide bonds. The largest absolute Gasteiger partial charge is 0.271 e. The van der Waals surface area contributed by atoms with Gasteiger partial charge < -0.3 is 0 Å². The summed E-state index contributed by atoms with van der Waals surface area (Å²) in [6, 6.07) is 8.67. The Morgan fingerprint density at radius 3 is 2.85 bits per heavy atom. The molecule has 3 N–H and O–H groups in total. The first-order valence-corrected chi connectivity index (χ1v) is 9.29. The van der Waals surface area contributed by atoms with Gasteiger partial charge in [-0.2, -0.15) is 0 Å². The summed E-state index contributed by atoms with van der Waals surface area (Å²) in [5.74, 6) is 6.34. The molecule has 5 heteroatoms. The van der Waals surface area contributed by atoms with Crippen molar-refractivity contribution in [3.8, 4) is 0 Å². The minimum absolute atomic E-state index is 0.151. The molecule has 4 nitrogen and oxygen atoms in total. The van der Waals surface area contributed by atoms with E-state index in [1.807, 2.05) is 0 Å². The van der Waals surface area contributed by atoms with Crippen LogP contribution in [0.25, 0.3) is 0 Å². The maximum Gasteiger partial charge on any atom is 0.147 e. The first-order valence-electron chi connectivity index (χ1n) is 7.23. The summed E-state index contributed by atoms with van der Waals surface area (Å²) in [7, 11) is -2.89. The molecule has 1 aliphatic carbocycles. The number of hydrogen-bond donors (Lipinski definition) is 2. The van der Waals surface area contributed by atoms with Gasteiger partial charge in [0.2, 0.25) is 0 Å². The highest BCUT2D eigenvalue weighted by Crippen LogP contribution is 2.35. The highest BCUT2D eigenvalue weighted by atomic mass is 32.2. The van der Waals surface area contributed by atoms with Crippen molar-refractivity contribution in [1.29, 1.82) is 0 Å². The van der Waals surface area contributed by atoms with Crippen molar-refractivity contribution in [3.63, 3.8) is 0 Å². The lowest BCUT2D eigenvalue weighted by atomic mass is 9.78. The second-order valence-corrected chi connectivity index (χ2v) is 8.00. The van der Waals surface area contributed by atoms with Gasteiger partial charge in [-0.3, -0.25) is 11.3 Å². The van der Waals surface area contributed by atoms with Crippen LogP contribution < -0.4 is 11.3 Å². The monoisotopic (exact) mass is 296 g/mol. The van der Waals surface area contributed by atoms with Gasteiger partial charge >= 0.3 is 0 Å². The predicted molar refractivity (Wildman–Crippen MR) is 82.2 cm³/mol. The molecule has 1 aromatic carbocycles. The normalized spacial score (nSPS) is 20.4. The SMILES string of the molecule is CS(=O)(=O)CCCC(NN)C1CCCc2ccccc21. The average Bonchev–Trinajstić information content (AvgIpc) is 2.42. The van der Waals surface area contributed by atoms with E-state index >= 15 is 0 Å². The fourth-order valence-electron chi connectivity index (χ4n) is 3.18. The zero-order chi connectivity index (χ0) is 14.6. The number of hydrogen-bond acceptors (Lipinski definition) is 4. The van der Waals surface area contributed by atoms with Crippen LogP contribution in [0, 0.1) is 0 Å². The summed E-state index contributed by atoms with van der Waals surface area (Å²) in [5.41, 5.74) is 5.69. The maximum absolute atomic E-state index is 11.2. The van der Waals surface area contributed by atoms with Gasteiger partial charge in [0.25, 0.3) is 0 Å². The quantitative estimate of drug-likeness (QED) is 0.620. The van der Waals surface area contributed by atoms with Crippen molar-refractivity contribution in [1.82, 2.24) is 5.43 Å². The number of hydrazine groups is 1. The molecule has 0 heterocycles. The summed E-state index contributed by atoms with van der Waals surface area (Å²) in [4.78, 5) is 0. The molecular formula is C15H24N2O2S. The van der Waals surface area contributed by atoms with E-state index in [9.17, 15) is 8.42 Å². The first kappa shape index (κ1) is 15.5. The summed E-state index contributed by atoms with van der Waals surface area (Å²) in [6.07, 6.45) is 6.16. The Hall–Kier alpha value is -0.910. The molecule has 1 aliphatic rings. The van der Waals surface area contributed by atoms with Gasteiger partial charge in [-0.15, -0.1) is 0 Å². The van der Waals surface area contributed by atoms with Crippen molar-refractivity contribution < 1.29 is 8.42 Å². The van der Waals surface area contributed by atoms with Crippen LogP contribution in [0.15, 0.2) is 24.3 Å². The number of benzene rings is 1. The van der Waals surface area contributed by atoms with Crippen molar-refractivity contribution in [2.24, 2.45) is 5.84 Å². The second-order valence-electron chi connectivity index (χ2n) is 5.74. The summed E-state index contributed by atoms with van der Waals surface area (Å²) < 4.78 is 22.4. The van der Waals surface area contributed by atoms with Crippen molar-refractivity contribution in [2.75, 3.05) is 12.0 Å². The molecule has 2 unspecified atom stereocenters. The summed E-state index contributed by atoms with van der Waals surface area (Å²) in [5, 5.41) is 0. The minimum Gasteiger partial charge on any atom is -0.271 e. The number of nitrogens with two attached hydrogens (primary N) is 1. The third kappa shape index (κ3) is 4.04. The molecule has 0 aromatic heterocycles. The molecule has 0 saturated carbocycles. The lowest BCUT2D eigenvalue weighted by Gasteiger charge is -2.32. The minimum atomic E-state index is -2.89. The number of aryl methyl sites for hydroxylation is 1. The Bertz CT molecular complexity index is 543. The van der Waals surface area contributed by atoms with Crippen LogP contribution in [0.4, 0.5) is 0 Å². The van der Waals surface area contributed by atoms with Gasteiger partial charge in [0.05, 0.1) is 0 Å². The van der Waals surface area contributed by atoms with Crippen LogP contribution >= 0.6 is 0 Å². The smallest absolute Gasteiger partial charge is 0.147 e. The van der Waals surface area contributed by atoms with E-state index in [2.05, 4.69) is 29.7 Å². The third-order valence-corrected chi connectivity index (χ3v) is 5.18. The van der Waals surface area contributed by atoms with Crippen LogP contribution in [0.3, 0.4) is 0 Å². The van der Waals surface area contributed by atoms with E-state index in [4.69, 9.17) is 5.84 Å². The molecule has 0 spiro atoms. The fourth-order valence-corrected chi connectivity index (χ4v) is 3.87. The van der Waals surface area contributed by atoms with E-state index in [0.29, 0.717) is 12.3 Å². The van der Waals surface area contributed by atoms with E-state index < -0.39 is 9.84 Å². The zero-order valence-electron chi connectivity index (χ0n) is 12.0. The molecule has 0 aliphatic heterocycles. The zero-order valence-corrected chi connectivity index (χ0v) is 12.8. The van der Waals surface area contributed by atoms with Crippen LogP contribution in [0.1, 0.15) is 42.7 Å². The molecule has 2 rings (SSSR count). The third-order valence-electron chi connectivity index (χ3n) is 4.15. The number of nitrogens with one attached hydrogen (secondary N) is 1. The van der Waals surface area contributed by atoms with Gasteiger partial charge in [-0.05, 0) is 43.2 Å². The highest BCUT2D eigenvalue weighted by Gasteiger charge is 2.26. The van der Waals surface area contributed by atoms with Gasteiger partial charge in [-0.1, -0.05) is 24.3 Å². The van der Waals surface area contributed by atoms with E-state index in [1.165, 1.54) is 23.8 Å². The van der Waals surface area contributed by atoms with Crippen molar-refractivity contribution >= 4 is 9.84 Å². The summed E-state index contributed by atoms with van der Waals surface area (Å²) in [6.45, 7) is 0. The Morgan fingerprint density at radius 1 is 1.40 bits per heavy atom. The molecule has 2 atom stereocenters. The van der Waals surface area contributed by atoms with E-state index in [-0.39, 0.29) is 11.8 Å². The lowest BCUT2D eigenvalue weighted by Crippen LogP contribution is -2.41. The van der Waals surface area contributed by atoms with Crippen molar-refractivity contribution in [3.05, 3.63) is 35.4 Å². The molecule has 112 valence electrons. The summed E-state index contributed by atoms with van der Waals surface area (Å²) >= 11 is 0. The van der Waals surface area contributed by atoms with Gasteiger partial charge in [-0.25, -0.2) is 8.42 Å². The van der Waals surface area contributed by atoms with E-state index in [0.717, 1.165) is 19.3 Å². The fraction of sp³-hybridized carbons (Fsp3) is 0.600. The van der Waals surface area contributed by atoms with Crippen molar-refractivity contribution in [2.45, 2.75) is 44.1 Å². The lowest BCUT2D eigenvalue weighted by molar-refractivity contribution is 0.375. The van der Waals surface area contributed by atoms with Crippen LogP contribution in [0.5, 0.6) is 0 Å². The number of sulfone groups is 1. The maximum atomic E-state index is 11.2. The van der Waals surface area contributed by atoms with Crippen LogP contribution in [-0.2, 0) is 16.3 Å². The Balaban J connectivity index is 2.05. The van der Waals surface area contributed by atoms with Crippen LogP contribution in [0.2, 0.25) is 0 Å². The molecular weight excluding hydrogens is 272 g/mol. The topological polar surface area (TPSA) is 72.2 Å². The van der Waals surface area contributed by atoms with Gasteiger partial charge in [0.1, 0.15) is 9.84 Å². The standard InChI is InChI=1S/C15H24N2O2S/c1-20(18,19)11-5-10-15(17-16)14-9-4-7-12-6-2-3-8-13(12)14/h2-3,6,8,14-15,17H,4-5,7,9-11,16H2,1H3. The van der Waals surface area contributed by atoms with E-state index in [1.54, 1.807) is 0 Å². The molecule has 0 fully saturated rings. The first-order chi connectivity index (χ1) is 9.51.